The Bertz CT molecular complexity index is 697. The van der Waals surface area contributed by atoms with E-state index in [1.165, 1.54) is 20.9 Å². The first-order valence-electron chi connectivity index (χ1n) is 8.49. The smallest absolute Gasteiger partial charge is 0.170 e. The van der Waals surface area contributed by atoms with Gasteiger partial charge in [0.2, 0.25) is 0 Å². The highest BCUT2D eigenvalue weighted by Gasteiger charge is 2.03. The number of aryl methyl sites for hydroxylation is 2. The molecule has 134 valence electrons. The summed E-state index contributed by atoms with van der Waals surface area (Å²) in [5.74, 6) is 0. The summed E-state index contributed by atoms with van der Waals surface area (Å²) in [7, 11) is 4.16. The molecule has 0 aliphatic carbocycles. The molecule has 0 amide bonds. The summed E-state index contributed by atoms with van der Waals surface area (Å²) in [5, 5.41) is 7.15. The lowest BCUT2D eigenvalue weighted by Gasteiger charge is -2.13. The normalized spacial score (nSPS) is 10.8. The van der Waals surface area contributed by atoms with Gasteiger partial charge >= 0.3 is 0 Å². The van der Waals surface area contributed by atoms with E-state index >= 15 is 0 Å². The highest BCUT2D eigenvalue weighted by atomic mass is 32.2. The summed E-state index contributed by atoms with van der Waals surface area (Å²) < 4.78 is 0. The molecule has 0 saturated heterocycles. The van der Waals surface area contributed by atoms with E-state index in [9.17, 15) is 0 Å². The molecule has 0 radical (unpaired) electrons. The highest BCUT2D eigenvalue weighted by Crippen LogP contribution is 2.31. The van der Waals surface area contributed by atoms with Crippen LogP contribution in [0.15, 0.2) is 52.3 Å². The summed E-state index contributed by atoms with van der Waals surface area (Å²) in [4.78, 5) is 4.69. The van der Waals surface area contributed by atoms with Crippen LogP contribution in [-0.2, 0) is 0 Å². The lowest BCUT2D eigenvalue weighted by atomic mass is 10.2. The Kier molecular flexibility index (Phi) is 7.75. The Balaban J connectivity index is 1.84. The van der Waals surface area contributed by atoms with Crippen LogP contribution >= 0.6 is 24.0 Å². The molecule has 5 heteroatoms. The van der Waals surface area contributed by atoms with Crippen LogP contribution in [-0.4, -0.2) is 37.2 Å². The molecule has 0 saturated carbocycles. The molecule has 0 aliphatic rings. The third-order valence-corrected chi connectivity index (χ3v) is 5.17. The largest absolute Gasteiger partial charge is 0.362 e. The zero-order valence-electron chi connectivity index (χ0n) is 15.4. The molecule has 0 spiro atoms. The number of rotatable bonds is 7. The molecule has 2 N–H and O–H groups in total. The summed E-state index contributed by atoms with van der Waals surface area (Å²) in [5.41, 5.74) is 3.62. The first-order valence-corrected chi connectivity index (χ1v) is 9.71. The number of nitrogens with one attached hydrogen (secondary N) is 2. The maximum absolute atomic E-state index is 5.34. The number of hydrogen-bond donors (Lipinski definition) is 2. The number of thiocarbonyl (C=S) groups is 1. The quantitative estimate of drug-likeness (QED) is 0.542. The summed E-state index contributed by atoms with van der Waals surface area (Å²) >= 11 is 7.13. The first kappa shape index (κ1) is 19.8. The zero-order valence-corrected chi connectivity index (χ0v) is 17.1. The van der Waals surface area contributed by atoms with Gasteiger partial charge in [-0.05, 0) is 89.0 Å². The van der Waals surface area contributed by atoms with Crippen LogP contribution in [0.1, 0.15) is 17.5 Å². The van der Waals surface area contributed by atoms with Crippen molar-refractivity contribution < 1.29 is 0 Å². The monoisotopic (exact) mass is 373 g/mol. The lowest BCUT2D eigenvalue weighted by molar-refractivity contribution is 0.400. The summed E-state index contributed by atoms with van der Waals surface area (Å²) in [6.45, 7) is 6.22. The van der Waals surface area contributed by atoms with E-state index in [-0.39, 0.29) is 0 Å². The van der Waals surface area contributed by atoms with Crippen molar-refractivity contribution in [3.05, 3.63) is 53.6 Å². The fraction of sp³-hybridized carbons (Fsp3) is 0.350. The fourth-order valence-corrected chi connectivity index (χ4v) is 3.52. The molecule has 3 nitrogen and oxygen atoms in total. The van der Waals surface area contributed by atoms with Gasteiger partial charge in [-0.15, -0.1) is 0 Å². The molecular weight excluding hydrogens is 346 g/mol. The molecule has 0 bridgehead atoms. The van der Waals surface area contributed by atoms with E-state index in [1.54, 1.807) is 11.8 Å². The highest BCUT2D eigenvalue weighted by molar-refractivity contribution is 7.99. The van der Waals surface area contributed by atoms with Crippen LogP contribution in [0.2, 0.25) is 0 Å². The summed E-state index contributed by atoms with van der Waals surface area (Å²) in [6, 6.07) is 15.0. The minimum atomic E-state index is 0.675. The van der Waals surface area contributed by atoms with Crippen LogP contribution in [0.5, 0.6) is 0 Å². The molecule has 25 heavy (non-hydrogen) atoms. The van der Waals surface area contributed by atoms with Crippen molar-refractivity contribution in [1.82, 2.24) is 10.2 Å². The van der Waals surface area contributed by atoms with Crippen molar-refractivity contribution in [3.8, 4) is 0 Å². The van der Waals surface area contributed by atoms with E-state index in [2.05, 4.69) is 85.9 Å². The zero-order chi connectivity index (χ0) is 18.2. The van der Waals surface area contributed by atoms with Gasteiger partial charge in [0, 0.05) is 22.0 Å². The maximum atomic E-state index is 5.34. The van der Waals surface area contributed by atoms with Crippen molar-refractivity contribution in [1.29, 1.82) is 0 Å². The third-order valence-electron chi connectivity index (χ3n) is 3.74. The number of nitrogens with zero attached hydrogens (tertiary/aromatic N) is 1. The van der Waals surface area contributed by atoms with E-state index in [4.69, 9.17) is 12.2 Å². The molecule has 0 fully saturated rings. The van der Waals surface area contributed by atoms with Crippen LogP contribution in [0.4, 0.5) is 5.69 Å². The Morgan fingerprint density at radius 1 is 1.08 bits per heavy atom. The Labute approximate surface area is 161 Å². The Hall–Kier alpha value is -1.56. The van der Waals surface area contributed by atoms with Gasteiger partial charge in [0.1, 0.15) is 0 Å². The van der Waals surface area contributed by atoms with E-state index in [1.807, 2.05) is 0 Å². The molecule has 0 atom stereocenters. The van der Waals surface area contributed by atoms with Crippen molar-refractivity contribution in [2.45, 2.75) is 30.1 Å². The van der Waals surface area contributed by atoms with Crippen molar-refractivity contribution in [2.24, 2.45) is 0 Å². The second kappa shape index (κ2) is 9.80. The average Bonchev–Trinajstić information content (AvgIpc) is 2.56. The first-order chi connectivity index (χ1) is 11.9. The Morgan fingerprint density at radius 3 is 2.44 bits per heavy atom. The molecule has 0 unspecified atom stereocenters. The summed E-state index contributed by atoms with van der Waals surface area (Å²) in [6.07, 6.45) is 1.07. The average molecular weight is 374 g/mol. The fourth-order valence-electron chi connectivity index (χ4n) is 2.42. The predicted molar refractivity (Wildman–Crippen MR) is 114 cm³/mol. The SMILES string of the molecule is Cc1ccc(Sc2ccc(NC(=S)NCCCN(C)C)cc2)c(C)c1. The molecular formula is C20H27N3S2. The van der Waals surface area contributed by atoms with Gasteiger partial charge in [0.25, 0.3) is 0 Å². The standard InChI is InChI=1S/C20H27N3S2/c1-15-6-11-19(16(2)14-15)25-18-9-7-17(8-10-18)22-20(24)21-12-5-13-23(3)4/h6-11,14H,5,12-13H2,1-4H3,(H2,21,22,24). The van der Waals surface area contributed by atoms with E-state index in [0.29, 0.717) is 5.11 Å². The van der Waals surface area contributed by atoms with Gasteiger partial charge in [0.15, 0.2) is 5.11 Å². The third kappa shape index (κ3) is 7.06. The van der Waals surface area contributed by atoms with Crippen LogP contribution in [0, 0.1) is 13.8 Å². The second-order valence-electron chi connectivity index (χ2n) is 6.43. The molecule has 0 aromatic heterocycles. The maximum Gasteiger partial charge on any atom is 0.170 e. The van der Waals surface area contributed by atoms with Gasteiger partial charge < -0.3 is 15.5 Å². The van der Waals surface area contributed by atoms with E-state index in [0.717, 1.165) is 25.2 Å². The van der Waals surface area contributed by atoms with Crippen LogP contribution in [0.25, 0.3) is 0 Å². The molecule has 2 rings (SSSR count). The lowest BCUT2D eigenvalue weighted by Crippen LogP contribution is -2.30. The minimum Gasteiger partial charge on any atom is -0.362 e. The van der Waals surface area contributed by atoms with Crippen LogP contribution < -0.4 is 10.6 Å². The number of hydrogen-bond acceptors (Lipinski definition) is 3. The van der Waals surface area contributed by atoms with E-state index < -0.39 is 0 Å². The molecule has 0 aliphatic heterocycles. The second-order valence-corrected chi connectivity index (χ2v) is 7.96. The topological polar surface area (TPSA) is 27.3 Å². The predicted octanol–water partition coefficient (Wildman–Crippen LogP) is 4.69. The van der Waals surface area contributed by atoms with Crippen molar-refractivity contribution in [3.63, 3.8) is 0 Å². The molecule has 2 aromatic rings. The molecule has 2 aromatic carbocycles. The van der Waals surface area contributed by atoms with Crippen LogP contribution in [0.3, 0.4) is 0 Å². The number of benzene rings is 2. The Morgan fingerprint density at radius 2 is 1.80 bits per heavy atom. The van der Waals surface area contributed by atoms with Gasteiger partial charge in [-0.25, -0.2) is 0 Å². The van der Waals surface area contributed by atoms with Gasteiger partial charge in [-0.2, -0.15) is 0 Å². The van der Waals surface area contributed by atoms with Crippen molar-refractivity contribution >= 4 is 34.8 Å². The van der Waals surface area contributed by atoms with Gasteiger partial charge in [0.05, 0.1) is 0 Å². The van der Waals surface area contributed by atoms with Gasteiger partial charge in [-0.1, -0.05) is 29.5 Å². The number of anilines is 1. The molecule has 0 heterocycles. The van der Waals surface area contributed by atoms with Crippen molar-refractivity contribution in [2.75, 3.05) is 32.5 Å². The minimum absolute atomic E-state index is 0.675. The van der Waals surface area contributed by atoms with Gasteiger partial charge in [-0.3, -0.25) is 0 Å².